The molecule has 0 saturated carbocycles. The Hall–Kier alpha value is -1.81. The van der Waals surface area contributed by atoms with E-state index in [-0.39, 0.29) is 5.97 Å². The minimum absolute atomic E-state index is 0.314. The second-order valence-electron chi connectivity index (χ2n) is 3.41. The molecule has 0 aliphatic rings. The van der Waals surface area contributed by atoms with Crippen molar-refractivity contribution in [2.24, 2.45) is 0 Å². The lowest BCUT2D eigenvalue weighted by atomic mass is 10.2. The number of esters is 1. The van der Waals surface area contributed by atoms with Crippen molar-refractivity contribution >= 4 is 23.4 Å². The van der Waals surface area contributed by atoms with Gasteiger partial charge in [0, 0.05) is 12.3 Å². The molecule has 0 atom stereocenters. The van der Waals surface area contributed by atoms with Crippen LogP contribution >= 0.6 is 11.3 Å². The largest absolute Gasteiger partial charge is 0.463 e. The fraction of sp³-hybridized carbons (Fsp3) is 0.154. The van der Waals surface area contributed by atoms with E-state index in [1.165, 1.54) is 11.0 Å². The molecule has 2 rings (SSSR count). The monoisotopic (exact) mass is 247 g/mol. The molecule has 0 spiro atoms. The van der Waals surface area contributed by atoms with Crippen LogP contribution in [0.25, 0.3) is 16.6 Å². The van der Waals surface area contributed by atoms with Gasteiger partial charge in [0.15, 0.2) is 0 Å². The van der Waals surface area contributed by atoms with Crippen molar-refractivity contribution in [3.8, 4) is 10.6 Å². The Morgan fingerprint density at radius 3 is 3.18 bits per heavy atom. The maximum absolute atomic E-state index is 11.1. The van der Waals surface area contributed by atoms with Gasteiger partial charge in [-0.25, -0.2) is 4.79 Å². The van der Waals surface area contributed by atoms with E-state index >= 15 is 0 Å². The SMILES string of the molecule is CCOC(=O)/C=C/c1c[nH]c(-c2cccs2)c1. The highest BCUT2D eigenvalue weighted by Gasteiger charge is 2.01. The molecular formula is C13H13NO2S. The molecule has 0 unspecified atom stereocenters. The van der Waals surface area contributed by atoms with Crippen molar-refractivity contribution in [2.45, 2.75) is 6.92 Å². The predicted octanol–water partition coefficient (Wildman–Crippen LogP) is 3.32. The quantitative estimate of drug-likeness (QED) is 0.665. The number of hydrogen-bond donors (Lipinski definition) is 1. The lowest BCUT2D eigenvalue weighted by molar-refractivity contribution is -0.137. The number of rotatable bonds is 4. The number of thiophene rings is 1. The van der Waals surface area contributed by atoms with Crippen LogP contribution in [0.3, 0.4) is 0 Å². The predicted molar refractivity (Wildman–Crippen MR) is 69.8 cm³/mol. The standard InChI is InChI=1S/C13H13NO2S/c1-2-16-13(15)6-5-10-8-11(14-9-10)12-4-3-7-17-12/h3-9,14H,2H2,1H3/b6-5+. The average molecular weight is 247 g/mol. The highest BCUT2D eigenvalue weighted by Crippen LogP contribution is 2.24. The summed E-state index contributed by atoms with van der Waals surface area (Å²) in [6.07, 6.45) is 5.04. The summed E-state index contributed by atoms with van der Waals surface area (Å²) in [5.41, 5.74) is 2.02. The molecule has 17 heavy (non-hydrogen) atoms. The van der Waals surface area contributed by atoms with E-state index < -0.39 is 0 Å². The molecular weight excluding hydrogens is 234 g/mol. The Morgan fingerprint density at radius 1 is 1.59 bits per heavy atom. The molecule has 0 bridgehead atoms. The van der Waals surface area contributed by atoms with Crippen molar-refractivity contribution in [1.82, 2.24) is 4.98 Å². The third-order valence-electron chi connectivity index (χ3n) is 2.19. The summed E-state index contributed by atoms with van der Waals surface area (Å²) in [6.45, 7) is 2.19. The molecule has 2 aromatic rings. The molecule has 2 aromatic heterocycles. The maximum atomic E-state index is 11.1. The van der Waals surface area contributed by atoms with E-state index in [1.54, 1.807) is 24.3 Å². The zero-order valence-corrected chi connectivity index (χ0v) is 10.3. The fourth-order valence-corrected chi connectivity index (χ4v) is 2.14. The van der Waals surface area contributed by atoms with Crippen LogP contribution in [0.1, 0.15) is 12.5 Å². The molecule has 0 fully saturated rings. The van der Waals surface area contributed by atoms with Gasteiger partial charge in [0.05, 0.1) is 17.2 Å². The van der Waals surface area contributed by atoms with Crippen LogP contribution < -0.4 is 0 Å². The number of H-pyrrole nitrogens is 1. The maximum Gasteiger partial charge on any atom is 0.330 e. The zero-order valence-electron chi connectivity index (χ0n) is 9.47. The Bertz CT molecular complexity index is 511. The van der Waals surface area contributed by atoms with Gasteiger partial charge in [-0.1, -0.05) is 6.07 Å². The number of carbonyl (C=O) groups excluding carboxylic acids is 1. The minimum atomic E-state index is -0.314. The molecule has 2 heterocycles. The summed E-state index contributed by atoms with van der Waals surface area (Å²) in [4.78, 5) is 15.5. The van der Waals surface area contributed by atoms with Crippen LogP contribution in [0, 0.1) is 0 Å². The summed E-state index contributed by atoms with van der Waals surface area (Å²) in [5.74, 6) is -0.314. The van der Waals surface area contributed by atoms with Crippen molar-refractivity contribution < 1.29 is 9.53 Å². The van der Waals surface area contributed by atoms with Crippen LogP contribution in [0.4, 0.5) is 0 Å². The number of ether oxygens (including phenoxy) is 1. The topological polar surface area (TPSA) is 42.1 Å². The Morgan fingerprint density at radius 2 is 2.47 bits per heavy atom. The highest BCUT2D eigenvalue weighted by molar-refractivity contribution is 7.13. The third-order valence-corrected chi connectivity index (χ3v) is 3.09. The molecule has 0 aliphatic carbocycles. The number of aromatic nitrogens is 1. The Kier molecular flexibility index (Phi) is 3.77. The van der Waals surface area contributed by atoms with Gasteiger partial charge in [0.1, 0.15) is 0 Å². The summed E-state index contributed by atoms with van der Waals surface area (Å²) >= 11 is 1.67. The smallest absolute Gasteiger partial charge is 0.330 e. The van der Waals surface area contributed by atoms with Gasteiger partial charge in [-0.2, -0.15) is 0 Å². The number of nitrogens with one attached hydrogen (secondary N) is 1. The molecule has 1 N–H and O–H groups in total. The summed E-state index contributed by atoms with van der Waals surface area (Å²) in [7, 11) is 0. The van der Waals surface area contributed by atoms with Crippen LogP contribution in [-0.4, -0.2) is 17.6 Å². The molecule has 4 heteroatoms. The molecule has 0 radical (unpaired) electrons. The molecule has 0 amide bonds. The minimum Gasteiger partial charge on any atom is -0.463 e. The van der Waals surface area contributed by atoms with Gasteiger partial charge >= 0.3 is 5.97 Å². The first-order valence-electron chi connectivity index (χ1n) is 5.36. The van der Waals surface area contributed by atoms with Crippen LogP contribution in [0.15, 0.2) is 35.9 Å². The molecule has 0 aliphatic heterocycles. The second kappa shape index (κ2) is 5.50. The van der Waals surface area contributed by atoms with Gasteiger partial charge in [-0.05, 0) is 36.1 Å². The second-order valence-corrected chi connectivity index (χ2v) is 4.36. The van der Waals surface area contributed by atoms with Gasteiger partial charge in [-0.15, -0.1) is 11.3 Å². The molecule has 0 saturated heterocycles. The Balaban J connectivity index is 2.06. The van der Waals surface area contributed by atoms with E-state index in [0.717, 1.165) is 11.3 Å². The van der Waals surface area contributed by atoms with Gasteiger partial charge in [-0.3, -0.25) is 0 Å². The van der Waals surface area contributed by atoms with E-state index in [1.807, 2.05) is 23.7 Å². The van der Waals surface area contributed by atoms with Gasteiger partial charge in [0.2, 0.25) is 0 Å². The van der Waals surface area contributed by atoms with E-state index in [9.17, 15) is 4.79 Å². The van der Waals surface area contributed by atoms with E-state index in [2.05, 4.69) is 11.1 Å². The van der Waals surface area contributed by atoms with E-state index in [4.69, 9.17) is 4.74 Å². The summed E-state index contributed by atoms with van der Waals surface area (Å²) < 4.78 is 4.81. The molecule has 0 aromatic carbocycles. The first-order chi connectivity index (χ1) is 8.29. The lowest BCUT2D eigenvalue weighted by Crippen LogP contribution is -1.98. The van der Waals surface area contributed by atoms with Crippen LogP contribution in [0.2, 0.25) is 0 Å². The van der Waals surface area contributed by atoms with Crippen molar-refractivity contribution in [1.29, 1.82) is 0 Å². The van der Waals surface area contributed by atoms with Crippen LogP contribution in [0.5, 0.6) is 0 Å². The average Bonchev–Trinajstić information content (AvgIpc) is 2.97. The summed E-state index contributed by atoms with van der Waals surface area (Å²) in [6, 6.07) is 6.06. The van der Waals surface area contributed by atoms with Crippen LogP contribution in [-0.2, 0) is 9.53 Å². The Labute approximate surface area is 104 Å². The van der Waals surface area contributed by atoms with Crippen molar-refractivity contribution in [3.63, 3.8) is 0 Å². The first-order valence-corrected chi connectivity index (χ1v) is 6.24. The van der Waals surface area contributed by atoms with Gasteiger partial charge < -0.3 is 9.72 Å². The van der Waals surface area contributed by atoms with Gasteiger partial charge in [0.25, 0.3) is 0 Å². The normalized spacial score (nSPS) is 10.9. The summed E-state index contributed by atoms with van der Waals surface area (Å²) in [5, 5.41) is 2.03. The number of hydrogen-bond acceptors (Lipinski definition) is 3. The fourth-order valence-electron chi connectivity index (χ4n) is 1.44. The number of carbonyl (C=O) groups is 1. The van der Waals surface area contributed by atoms with E-state index in [0.29, 0.717) is 6.61 Å². The van der Waals surface area contributed by atoms with Crippen molar-refractivity contribution in [3.05, 3.63) is 41.4 Å². The zero-order chi connectivity index (χ0) is 12.1. The third kappa shape index (κ3) is 3.07. The molecule has 3 nitrogen and oxygen atoms in total. The lowest BCUT2D eigenvalue weighted by Gasteiger charge is -1.93. The molecule has 88 valence electrons. The number of aromatic amines is 1. The first kappa shape index (κ1) is 11.7. The highest BCUT2D eigenvalue weighted by atomic mass is 32.1. The van der Waals surface area contributed by atoms with Crippen molar-refractivity contribution in [2.75, 3.05) is 6.61 Å².